The number of rotatable bonds is 8. The first-order valence-corrected chi connectivity index (χ1v) is 10.1. The normalized spacial score (nSPS) is 10.1. The zero-order valence-electron chi connectivity index (χ0n) is 16.4. The summed E-state index contributed by atoms with van der Waals surface area (Å²) in [4.78, 5) is 11.5. The lowest BCUT2D eigenvalue weighted by molar-refractivity contribution is -0.111. The molecule has 0 heterocycles. The molecule has 0 aliphatic carbocycles. The fraction of sp³-hybridized carbons (Fsp3) is 0.0833. The van der Waals surface area contributed by atoms with Gasteiger partial charge in [-0.25, -0.2) is 0 Å². The summed E-state index contributed by atoms with van der Waals surface area (Å²) in [5.74, 6) is 1.06. The summed E-state index contributed by atoms with van der Waals surface area (Å²) in [5.41, 5.74) is 2.06. The Bertz CT molecular complexity index is 1160. The largest absolute Gasteiger partial charge is 0.489 e. The Labute approximate surface area is 190 Å². The Morgan fingerprint density at radius 1 is 1.06 bits per heavy atom. The number of halogens is 2. The second-order valence-corrected chi connectivity index (χ2v) is 7.35. The number of carbonyl (C=O) groups is 1. The van der Waals surface area contributed by atoms with Crippen LogP contribution in [0.2, 0.25) is 10.0 Å². The van der Waals surface area contributed by atoms with E-state index in [9.17, 15) is 4.79 Å². The molecule has 0 bridgehead atoms. The average molecular weight is 453 g/mol. The Kier molecular flexibility index (Phi) is 7.55. The van der Waals surface area contributed by atoms with Crippen LogP contribution < -0.4 is 14.8 Å². The van der Waals surface area contributed by atoms with E-state index in [1.54, 1.807) is 42.5 Å². The van der Waals surface area contributed by atoms with Gasteiger partial charge in [-0.3, -0.25) is 4.79 Å². The van der Waals surface area contributed by atoms with Crippen molar-refractivity contribution in [3.8, 4) is 23.3 Å². The number of hydrogen-bond donors (Lipinski definition) is 1. The first-order chi connectivity index (χ1) is 15.0. The summed E-state index contributed by atoms with van der Waals surface area (Å²) in [5, 5.41) is 12.7. The van der Waals surface area contributed by atoms with E-state index in [1.165, 1.54) is 6.08 Å². The van der Waals surface area contributed by atoms with Gasteiger partial charge in [0.15, 0.2) is 11.5 Å². The number of nitrogens with zero attached hydrogens (tertiary/aromatic N) is 1. The molecule has 5 nitrogen and oxygen atoms in total. The lowest BCUT2D eigenvalue weighted by atomic mass is 10.1. The molecule has 156 valence electrons. The Balaban J connectivity index is 1.70. The lowest BCUT2D eigenvalue weighted by Gasteiger charge is -2.14. The number of nitrogens with one attached hydrogen (secondary N) is 1. The molecule has 1 N–H and O–H groups in total. The number of ether oxygens (including phenoxy) is 2. The van der Waals surface area contributed by atoms with Crippen molar-refractivity contribution in [2.75, 3.05) is 11.9 Å². The van der Waals surface area contributed by atoms with Gasteiger partial charge < -0.3 is 14.8 Å². The molecular formula is C24H18Cl2N2O3. The smallest absolute Gasteiger partial charge is 0.247 e. The van der Waals surface area contributed by atoms with Gasteiger partial charge in [0.05, 0.1) is 18.2 Å². The van der Waals surface area contributed by atoms with Crippen LogP contribution in [0.25, 0.3) is 0 Å². The molecule has 0 unspecified atom stereocenters. The predicted molar refractivity (Wildman–Crippen MR) is 122 cm³/mol. The van der Waals surface area contributed by atoms with Gasteiger partial charge in [-0.15, -0.1) is 0 Å². The average Bonchev–Trinajstić information content (AvgIpc) is 2.75. The van der Waals surface area contributed by atoms with Crippen LogP contribution in [-0.4, -0.2) is 12.5 Å². The van der Waals surface area contributed by atoms with Crippen LogP contribution >= 0.6 is 23.2 Å². The second kappa shape index (κ2) is 10.5. The van der Waals surface area contributed by atoms with Gasteiger partial charge in [-0.2, -0.15) is 5.26 Å². The fourth-order valence-electron chi connectivity index (χ4n) is 2.77. The molecule has 1 amide bonds. The Morgan fingerprint density at radius 2 is 1.90 bits per heavy atom. The van der Waals surface area contributed by atoms with Crippen LogP contribution in [0.3, 0.4) is 0 Å². The predicted octanol–water partition coefficient (Wildman–Crippen LogP) is 6.40. The minimum absolute atomic E-state index is 0.269. The molecule has 3 aromatic carbocycles. The van der Waals surface area contributed by atoms with Crippen molar-refractivity contribution in [2.45, 2.75) is 6.42 Å². The summed E-state index contributed by atoms with van der Waals surface area (Å²) < 4.78 is 11.8. The highest BCUT2D eigenvalue weighted by Gasteiger charge is 2.10. The van der Waals surface area contributed by atoms with E-state index in [0.717, 1.165) is 5.56 Å². The minimum Gasteiger partial charge on any atom is -0.489 e. The van der Waals surface area contributed by atoms with Crippen molar-refractivity contribution in [1.82, 2.24) is 0 Å². The van der Waals surface area contributed by atoms with Crippen molar-refractivity contribution in [2.24, 2.45) is 0 Å². The van der Waals surface area contributed by atoms with Crippen molar-refractivity contribution in [1.29, 1.82) is 5.26 Å². The number of benzene rings is 3. The van der Waals surface area contributed by atoms with Crippen LogP contribution in [0.4, 0.5) is 5.69 Å². The summed E-state index contributed by atoms with van der Waals surface area (Å²) in [6.45, 7) is 3.80. The van der Waals surface area contributed by atoms with Crippen LogP contribution in [0, 0.1) is 11.3 Å². The SMILES string of the molecule is C=CC(=O)Nc1cccc(CCOc2cc(Cl)ccc2Oc2cc(Cl)cc(C#N)c2)c1. The van der Waals surface area contributed by atoms with E-state index in [-0.39, 0.29) is 5.91 Å². The zero-order chi connectivity index (χ0) is 22.2. The molecule has 0 spiro atoms. The molecular weight excluding hydrogens is 435 g/mol. The fourth-order valence-corrected chi connectivity index (χ4v) is 3.16. The summed E-state index contributed by atoms with van der Waals surface area (Å²) >= 11 is 12.2. The topological polar surface area (TPSA) is 71.3 Å². The van der Waals surface area contributed by atoms with Crippen LogP contribution in [-0.2, 0) is 11.2 Å². The first-order valence-electron chi connectivity index (χ1n) is 9.30. The molecule has 0 saturated carbocycles. The third-order valence-corrected chi connectivity index (χ3v) is 4.62. The van der Waals surface area contributed by atoms with Crippen LogP contribution in [0.1, 0.15) is 11.1 Å². The quantitative estimate of drug-likeness (QED) is 0.401. The number of amides is 1. The number of nitriles is 1. The van der Waals surface area contributed by atoms with Gasteiger partial charge in [-0.05, 0) is 54.1 Å². The molecule has 0 aliphatic rings. The van der Waals surface area contributed by atoms with Crippen molar-refractivity contribution >= 4 is 34.8 Å². The van der Waals surface area contributed by atoms with Crippen LogP contribution in [0.5, 0.6) is 17.2 Å². The number of hydrogen-bond acceptors (Lipinski definition) is 4. The van der Waals surface area contributed by atoms with Gasteiger partial charge in [0.1, 0.15) is 5.75 Å². The Morgan fingerprint density at radius 3 is 2.68 bits per heavy atom. The van der Waals surface area contributed by atoms with Crippen molar-refractivity contribution in [3.63, 3.8) is 0 Å². The lowest BCUT2D eigenvalue weighted by Crippen LogP contribution is -2.08. The summed E-state index contributed by atoms with van der Waals surface area (Å²) in [6.07, 6.45) is 1.81. The zero-order valence-corrected chi connectivity index (χ0v) is 17.9. The standard InChI is InChI=1S/C24H18Cl2N2O3/c1-2-24(29)28-20-5-3-4-16(11-20)8-9-30-23-14-18(25)6-7-22(23)31-21-12-17(15-27)10-19(26)13-21/h2-7,10-14H,1,8-9H2,(H,28,29). The molecule has 7 heteroatoms. The monoisotopic (exact) mass is 452 g/mol. The minimum atomic E-state index is -0.269. The van der Waals surface area contributed by atoms with Crippen molar-refractivity contribution < 1.29 is 14.3 Å². The van der Waals surface area contributed by atoms with E-state index in [4.69, 9.17) is 37.9 Å². The summed E-state index contributed by atoms with van der Waals surface area (Å²) in [6, 6.07) is 19.3. The molecule has 0 radical (unpaired) electrons. The van der Waals surface area contributed by atoms with Crippen molar-refractivity contribution in [3.05, 3.63) is 94.5 Å². The number of anilines is 1. The van der Waals surface area contributed by atoms with E-state index in [0.29, 0.717) is 51.6 Å². The molecule has 31 heavy (non-hydrogen) atoms. The van der Waals surface area contributed by atoms with Gasteiger partial charge in [0, 0.05) is 28.2 Å². The maximum Gasteiger partial charge on any atom is 0.247 e. The van der Waals surface area contributed by atoms with E-state index >= 15 is 0 Å². The van der Waals surface area contributed by atoms with Gasteiger partial charge >= 0.3 is 0 Å². The molecule has 0 atom stereocenters. The van der Waals surface area contributed by atoms with Gasteiger partial charge in [0.2, 0.25) is 5.91 Å². The molecule has 0 aromatic heterocycles. The third-order valence-electron chi connectivity index (χ3n) is 4.16. The third kappa shape index (κ3) is 6.51. The molecule has 3 aromatic rings. The highest BCUT2D eigenvalue weighted by atomic mass is 35.5. The summed E-state index contributed by atoms with van der Waals surface area (Å²) in [7, 11) is 0. The van der Waals surface area contributed by atoms with E-state index < -0.39 is 0 Å². The molecule has 0 aliphatic heterocycles. The molecule has 3 rings (SSSR count). The van der Waals surface area contributed by atoms with Gasteiger partial charge in [0.25, 0.3) is 0 Å². The second-order valence-electron chi connectivity index (χ2n) is 6.47. The Hall–Kier alpha value is -3.46. The van der Waals surface area contributed by atoms with E-state index in [1.807, 2.05) is 24.3 Å². The van der Waals surface area contributed by atoms with Gasteiger partial charge in [-0.1, -0.05) is 41.9 Å². The maximum absolute atomic E-state index is 11.5. The highest BCUT2D eigenvalue weighted by Crippen LogP contribution is 2.35. The van der Waals surface area contributed by atoms with Crippen LogP contribution in [0.15, 0.2) is 73.3 Å². The molecule has 0 fully saturated rings. The first kappa shape index (κ1) is 22.2. The molecule has 0 saturated heterocycles. The highest BCUT2D eigenvalue weighted by molar-refractivity contribution is 6.31. The number of carbonyl (C=O) groups excluding carboxylic acids is 1. The maximum atomic E-state index is 11.5. The van der Waals surface area contributed by atoms with E-state index in [2.05, 4.69) is 11.9 Å².